The van der Waals surface area contributed by atoms with Crippen LogP contribution in [0.4, 0.5) is 0 Å². The van der Waals surface area contributed by atoms with Crippen LogP contribution in [0.1, 0.15) is 32.3 Å². The maximum Gasteiger partial charge on any atom is 0.239 e. The largest absolute Gasteiger partial charge is 0.334 e. The normalized spacial score (nSPS) is 16.2. The molecule has 0 N–H and O–H groups in total. The van der Waals surface area contributed by atoms with E-state index in [-0.39, 0.29) is 5.91 Å². The fourth-order valence-corrected chi connectivity index (χ4v) is 2.56. The van der Waals surface area contributed by atoms with E-state index in [9.17, 15) is 4.79 Å². The molecule has 0 bridgehead atoms. The van der Waals surface area contributed by atoms with Gasteiger partial charge in [-0.3, -0.25) is 4.79 Å². The van der Waals surface area contributed by atoms with Gasteiger partial charge in [0.1, 0.15) is 0 Å². The van der Waals surface area contributed by atoms with Crippen molar-refractivity contribution in [3.05, 3.63) is 22.4 Å². The average molecular weight is 302 g/mol. The van der Waals surface area contributed by atoms with Gasteiger partial charge >= 0.3 is 0 Å². The van der Waals surface area contributed by atoms with Gasteiger partial charge in [-0.15, -0.1) is 0 Å². The summed E-state index contributed by atoms with van der Waals surface area (Å²) in [6.45, 7) is 4.58. The molecule has 4 heteroatoms. The van der Waals surface area contributed by atoms with Crippen LogP contribution in [-0.2, 0) is 11.3 Å². The minimum Gasteiger partial charge on any atom is -0.334 e. The highest BCUT2D eigenvalue weighted by Gasteiger charge is 2.38. The summed E-state index contributed by atoms with van der Waals surface area (Å²) in [6.07, 6.45) is 2.30. The monoisotopic (exact) mass is 301 g/mol. The number of carbonyl (C=O) groups is 1. The molecule has 0 aliphatic heterocycles. The van der Waals surface area contributed by atoms with Crippen LogP contribution in [0.3, 0.4) is 0 Å². The molecule has 1 aromatic heterocycles. The van der Waals surface area contributed by atoms with E-state index in [1.807, 2.05) is 18.7 Å². The third-order valence-corrected chi connectivity index (χ3v) is 3.76. The molecule has 16 heavy (non-hydrogen) atoms. The first-order chi connectivity index (χ1) is 7.48. The summed E-state index contributed by atoms with van der Waals surface area (Å²) in [5.74, 6) is 0.196. The predicted octanol–water partition coefficient (Wildman–Crippen LogP) is 3.41. The van der Waals surface area contributed by atoms with Crippen LogP contribution in [0, 0.1) is 0 Å². The number of hydrogen-bond acceptors (Lipinski definition) is 2. The highest BCUT2D eigenvalue weighted by Crippen LogP contribution is 2.32. The lowest BCUT2D eigenvalue weighted by atomic mass is 10.1. The summed E-state index contributed by atoms with van der Waals surface area (Å²) in [7, 11) is 0. The second-order valence-electron chi connectivity index (χ2n) is 4.77. The Morgan fingerprint density at radius 3 is 2.75 bits per heavy atom. The van der Waals surface area contributed by atoms with Gasteiger partial charge in [0.05, 0.1) is 4.32 Å². The molecule has 2 nitrogen and oxygen atoms in total. The van der Waals surface area contributed by atoms with Gasteiger partial charge in [0.2, 0.25) is 5.91 Å². The molecule has 1 aliphatic carbocycles. The van der Waals surface area contributed by atoms with Crippen molar-refractivity contribution in [2.45, 2.75) is 43.6 Å². The first kappa shape index (κ1) is 12.1. The maximum atomic E-state index is 12.3. The van der Waals surface area contributed by atoms with Crippen molar-refractivity contribution in [1.82, 2.24) is 4.90 Å². The second-order valence-corrected chi connectivity index (χ2v) is 7.53. The Bertz CT molecular complexity index is 365. The van der Waals surface area contributed by atoms with Crippen molar-refractivity contribution in [3.63, 3.8) is 0 Å². The highest BCUT2D eigenvalue weighted by molar-refractivity contribution is 9.10. The van der Waals surface area contributed by atoms with Crippen molar-refractivity contribution in [2.24, 2.45) is 0 Å². The van der Waals surface area contributed by atoms with E-state index >= 15 is 0 Å². The first-order valence-electron chi connectivity index (χ1n) is 5.49. The van der Waals surface area contributed by atoms with Gasteiger partial charge < -0.3 is 4.90 Å². The zero-order valence-corrected chi connectivity index (χ0v) is 12.0. The zero-order valence-electron chi connectivity index (χ0n) is 9.57. The minimum atomic E-state index is -0.453. The summed E-state index contributed by atoms with van der Waals surface area (Å²) in [6, 6.07) is 2.55. The number of carbonyl (C=O) groups excluding carboxylic acids is 1. The Morgan fingerprint density at radius 2 is 2.31 bits per heavy atom. The van der Waals surface area contributed by atoms with Crippen molar-refractivity contribution in [2.75, 3.05) is 0 Å². The molecule has 0 unspecified atom stereocenters. The molecule has 1 fully saturated rings. The molecule has 88 valence electrons. The number of rotatable bonds is 4. The number of thiophene rings is 1. The van der Waals surface area contributed by atoms with Crippen LogP contribution in [0.15, 0.2) is 16.8 Å². The van der Waals surface area contributed by atoms with Crippen molar-refractivity contribution in [1.29, 1.82) is 0 Å². The molecule has 0 radical (unpaired) electrons. The van der Waals surface area contributed by atoms with Gasteiger partial charge in [0.15, 0.2) is 0 Å². The van der Waals surface area contributed by atoms with Crippen molar-refractivity contribution < 1.29 is 4.79 Å². The van der Waals surface area contributed by atoms with Gasteiger partial charge in [0, 0.05) is 12.6 Å². The minimum absolute atomic E-state index is 0.196. The van der Waals surface area contributed by atoms with E-state index in [0.29, 0.717) is 6.04 Å². The molecule has 0 spiro atoms. The topological polar surface area (TPSA) is 20.3 Å². The first-order valence-corrected chi connectivity index (χ1v) is 7.23. The van der Waals surface area contributed by atoms with E-state index < -0.39 is 4.32 Å². The second kappa shape index (κ2) is 4.49. The number of alkyl halides is 1. The lowest BCUT2D eigenvalue weighted by Gasteiger charge is -2.28. The molecule has 0 saturated heterocycles. The number of amides is 1. The number of hydrogen-bond donors (Lipinski definition) is 0. The molecule has 1 aromatic rings. The van der Waals surface area contributed by atoms with Gasteiger partial charge in [-0.05, 0) is 49.1 Å². The third-order valence-electron chi connectivity index (χ3n) is 2.69. The summed E-state index contributed by atoms with van der Waals surface area (Å²) < 4.78 is -0.453. The summed E-state index contributed by atoms with van der Waals surface area (Å²) in [4.78, 5) is 14.3. The third kappa shape index (κ3) is 2.86. The Hall–Kier alpha value is -0.350. The van der Waals surface area contributed by atoms with Crippen LogP contribution >= 0.6 is 27.3 Å². The van der Waals surface area contributed by atoms with Gasteiger partial charge in [0.25, 0.3) is 0 Å². The predicted molar refractivity (Wildman–Crippen MR) is 70.9 cm³/mol. The van der Waals surface area contributed by atoms with Crippen LogP contribution in [0.25, 0.3) is 0 Å². The Balaban J connectivity index is 2.09. The molecular weight excluding hydrogens is 286 g/mol. The van der Waals surface area contributed by atoms with Crippen LogP contribution in [0.5, 0.6) is 0 Å². The molecular formula is C12H16BrNOS. The van der Waals surface area contributed by atoms with Gasteiger partial charge in [-0.1, -0.05) is 15.9 Å². The molecule has 1 saturated carbocycles. The Kier molecular flexibility index (Phi) is 3.40. The Labute approximate surface area is 109 Å². The van der Waals surface area contributed by atoms with Crippen LogP contribution in [-0.4, -0.2) is 21.2 Å². The molecule has 0 atom stereocenters. The average Bonchev–Trinajstić information content (AvgIpc) is 2.90. The van der Waals surface area contributed by atoms with E-state index in [0.717, 1.165) is 19.4 Å². The molecule has 1 amide bonds. The van der Waals surface area contributed by atoms with E-state index in [4.69, 9.17) is 0 Å². The van der Waals surface area contributed by atoms with Crippen molar-refractivity contribution >= 4 is 33.2 Å². The fourth-order valence-electron chi connectivity index (χ4n) is 1.67. The smallest absolute Gasteiger partial charge is 0.239 e. The lowest BCUT2D eigenvalue weighted by molar-refractivity contribution is -0.134. The number of halogens is 1. The summed E-state index contributed by atoms with van der Waals surface area (Å²) >= 11 is 5.14. The molecule has 1 aliphatic rings. The van der Waals surface area contributed by atoms with E-state index in [1.165, 1.54) is 5.56 Å². The van der Waals surface area contributed by atoms with Crippen LogP contribution in [0.2, 0.25) is 0 Å². The Morgan fingerprint density at radius 1 is 1.62 bits per heavy atom. The van der Waals surface area contributed by atoms with E-state index in [1.54, 1.807) is 11.3 Å². The summed E-state index contributed by atoms with van der Waals surface area (Å²) in [5, 5.41) is 4.17. The van der Waals surface area contributed by atoms with Crippen molar-refractivity contribution in [3.8, 4) is 0 Å². The quantitative estimate of drug-likeness (QED) is 0.781. The SMILES string of the molecule is CC(C)(Br)C(=O)N(Cc1ccsc1)C1CC1. The van der Waals surface area contributed by atoms with E-state index in [2.05, 4.69) is 32.8 Å². The van der Waals surface area contributed by atoms with Crippen LogP contribution < -0.4 is 0 Å². The van der Waals surface area contributed by atoms with Gasteiger partial charge in [-0.25, -0.2) is 0 Å². The number of nitrogens with zero attached hydrogens (tertiary/aromatic N) is 1. The van der Waals surface area contributed by atoms with Gasteiger partial charge in [-0.2, -0.15) is 11.3 Å². The maximum absolute atomic E-state index is 12.3. The standard InChI is InChI=1S/C12H16BrNOS/c1-12(2,13)11(15)14(10-3-4-10)7-9-5-6-16-8-9/h5-6,8,10H,3-4,7H2,1-2H3. The zero-order chi connectivity index (χ0) is 11.8. The fraction of sp³-hybridized carbons (Fsp3) is 0.583. The highest BCUT2D eigenvalue weighted by atomic mass is 79.9. The molecule has 1 heterocycles. The molecule has 2 rings (SSSR count). The lowest BCUT2D eigenvalue weighted by Crippen LogP contribution is -2.42. The summed E-state index contributed by atoms with van der Waals surface area (Å²) in [5.41, 5.74) is 1.24. The molecule has 0 aromatic carbocycles.